The molecule has 0 unspecified atom stereocenters. The number of anilines is 2. The van der Waals surface area contributed by atoms with Crippen molar-refractivity contribution in [3.63, 3.8) is 0 Å². The first-order chi connectivity index (χ1) is 36.2. The number of ether oxygens (including phenoxy) is 3. The Morgan fingerprint density at radius 2 is 1.63 bits per heavy atom. The van der Waals surface area contributed by atoms with E-state index in [-0.39, 0.29) is 60.4 Å². The maximum atomic E-state index is 14.1. The Balaban J connectivity index is 0.683. The van der Waals surface area contributed by atoms with Crippen molar-refractivity contribution in [2.45, 2.75) is 121 Å². The number of hydrogen-bond donors (Lipinski definition) is 7. The van der Waals surface area contributed by atoms with E-state index in [9.17, 15) is 58.5 Å². The molecule has 2 heterocycles. The van der Waals surface area contributed by atoms with Crippen LogP contribution in [0.15, 0.2) is 84.5 Å². The topological polar surface area (TPSA) is 293 Å². The van der Waals surface area contributed by atoms with Crippen molar-refractivity contribution in [3.8, 4) is 0 Å². The minimum absolute atomic E-state index is 0.00467. The summed E-state index contributed by atoms with van der Waals surface area (Å²) in [4.78, 5) is 113. The van der Waals surface area contributed by atoms with Crippen molar-refractivity contribution in [1.82, 2.24) is 15.5 Å². The first kappa shape index (κ1) is 52.6. The monoisotopic (exact) mass is 1050 g/mol. The summed E-state index contributed by atoms with van der Waals surface area (Å²) in [6.07, 6.45) is 9.59. The minimum atomic E-state index is -1.38. The van der Waals surface area contributed by atoms with E-state index in [1.54, 1.807) is 42.5 Å². The summed E-state index contributed by atoms with van der Waals surface area (Å²) in [5.74, 6) is -4.85. The van der Waals surface area contributed by atoms with Crippen LogP contribution in [0.3, 0.4) is 0 Å². The van der Waals surface area contributed by atoms with Gasteiger partial charge in [0.25, 0.3) is 11.8 Å². The fourth-order valence-corrected chi connectivity index (χ4v) is 14.8. The second kappa shape index (κ2) is 19.9. The highest BCUT2D eigenvalue weighted by atomic mass is 16.7. The van der Waals surface area contributed by atoms with Crippen molar-refractivity contribution in [3.05, 3.63) is 95.6 Å². The highest BCUT2D eigenvalue weighted by Crippen LogP contribution is 2.79. The molecular weight excluding hydrogens is 983 g/mol. The van der Waals surface area contributed by atoms with E-state index in [1.165, 1.54) is 0 Å². The SMILES string of the molecule is C[C@]12C=CC(=O)C=C1CC[C@@H]1[C@@H]2[C@@H](O)C[C@@]2(C)[C@H]1C[C@H]1O[C@H](C34CC(Cc5cccc(NC(=O)OCc6ccc(NC(=O)[C@H](CCC(=O)O)NC(=O)CNC(=O)CCN7C(=O)C=CC7=O)cc6)c5)(C3)C4)O[C@]12C(=O)CO. The number of imide groups is 1. The minimum Gasteiger partial charge on any atom is -0.481 e. The number of nitrogens with one attached hydrogen (secondary N) is 4. The number of carboxylic acid groups (broad SMARTS) is 1. The molecule has 0 radical (unpaired) electrons. The number of fused-ring (bicyclic) bond motifs is 7. The number of hydrogen-bond acceptors (Lipinski definition) is 14. The van der Waals surface area contributed by atoms with Crippen LogP contribution in [0.1, 0.15) is 89.2 Å². The van der Waals surface area contributed by atoms with Crippen molar-refractivity contribution in [1.29, 1.82) is 0 Å². The van der Waals surface area contributed by atoms with Gasteiger partial charge in [0.05, 0.1) is 18.8 Å². The number of carbonyl (C=O) groups is 9. The largest absolute Gasteiger partial charge is 0.481 e. The van der Waals surface area contributed by atoms with Gasteiger partial charge in [-0.1, -0.05) is 49.8 Å². The van der Waals surface area contributed by atoms with Crippen LogP contribution in [0.4, 0.5) is 16.2 Å². The molecule has 7 N–H and O–H groups in total. The normalized spacial score (nSPS) is 33.6. The smallest absolute Gasteiger partial charge is 0.411 e. The van der Waals surface area contributed by atoms with Crippen LogP contribution in [0, 0.1) is 39.4 Å². The third-order valence-corrected chi connectivity index (χ3v) is 18.0. The Morgan fingerprint density at radius 1 is 0.895 bits per heavy atom. The van der Waals surface area contributed by atoms with Gasteiger partial charge in [0.1, 0.15) is 19.3 Å². The molecule has 1 saturated heterocycles. The third-order valence-electron chi connectivity index (χ3n) is 18.0. The standard InChI is InChI=1S/C56H63N5O15/c1-52-18-16-36(63)21-33(52)8-11-37-38-22-42-56(41(65)26-62,53(38,2)24-40(64)48(37)52)76-50(75-42)55-28-54(29-55,30-55)23-32-4-3-5-35(20-32)59-51(73)74-27-31-6-9-34(10-7-31)58-49(72)39(12-15-47(70)71)60-44(67)25-57-43(66)17-19-61-45(68)13-14-46(61)69/h3-7,9-10,13-14,16,18,20-21,37-40,42,48,50,62,64H,8,11-12,15,17,19,22-30H2,1-2H3,(H,57,66)(H,58,72)(H,59,73)(H,60,67)(H,70,71)/t37-,38-,39-,40-,42+,48+,50-,52-,53-,54?,55?,56+/m0/s1. The quantitative estimate of drug-likeness (QED) is 0.0986. The number of nitrogens with zero attached hydrogens (tertiary/aromatic N) is 1. The average molecular weight is 1050 g/mol. The predicted molar refractivity (Wildman–Crippen MR) is 268 cm³/mol. The van der Waals surface area contributed by atoms with E-state index in [0.29, 0.717) is 29.8 Å². The van der Waals surface area contributed by atoms with Gasteiger partial charge in [0, 0.05) is 65.1 Å². The van der Waals surface area contributed by atoms with Gasteiger partial charge in [-0.25, -0.2) is 4.79 Å². The number of Topliss-reactive ketones (excluding diaryl/α,β-unsaturated/α-hetero) is 1. The van der Waals surface area contributed by atoms with Crippen molar-refractivity contribution in [2.24, 2.45) is 39.4 Å². The molecule has 0 aromatic heterocycles. The lowest BCUT2D eigenvalue weighted by atomic mass is 9.33. The fraction of sp³-hybridized carbons (Fsp3) is 0.518. The molecule has 7 aliphatic carbocycles. The Kier molecular flexibility index (Phi) is 13.8. The molecule has 11 rings (SSSR count). The number of aliphatic hydroxyl groups is 2. The van der Waals surface area contributed by atoms with E-state index in [1.807, 2.05) is 24.3 Å². The Bertz CT molecular complexity index is 2840. The lowest BCUT2D eigenvalue weighted by molar-refractivity contribution is -0.323. The molecule has 10 atom stereocenters. The Morgan fingerprint density at radius 3 is 2.34 bits per heavy atom. The second-order valence-electron chi connectivity index (χ2n) is 22.7. The fourth-order valence-electron chi connectivity index (χ4n) is 14.8. The van der Waals surface area contributed by atoms with Gasteiger partial charge in [-0.15, -0.1) is 0 Å². The zero-order valence-corrected chi connectivity index (χ0v) is 42.3. The van der Waals surface area contributed by atoms with Gasteiger partial charge in [0.15, 0.2) is 23.5 Å². The van der Waals surface area contributed by atoms with Crippen LogP contribution >= 0.6 is 0 Å². The Hall–Kier alpha value is -6.87. The molecule has 402 valence electrons. The van der Waals surface area contributed by atoms with E-state index in [4.69, 9.17) is 14.2 Å². The number of carbonyl (C=O) groups excluding carboxylic acids is 8. The number of carboxylic acids is 1. The molecule has 6 amide bonds. The number of aliphatic carboxylic acids is 1. The zero-order valence-electron chi connectivity index (χ0n) is 42.3. The molecule has 20 nitrogen and oxygen atoms in total. The maximum absolute atomic E-state index is 14.1. The summed E-state index contributed by atoms with van der Waals surface area (Å²) in [5.41, 5.74) is 0.638. The van der Waals surface area contributed by atoms with E-state index in [2.05, 4.69) is 35.1 Å². The van der Waals surface area contributed by atoms with Crippen LogP contribution in [0.25, 0.3) is 0 Å². The second-order valence-corrected chi connectivity index (χ2v) is 22.7. The molecule has 2 bridgehead atoms. The number of amides is 6. The molecule has 76 heavy (non-hydrogen) atoms. The molecule has 2 aromatic carbocycles. The summed E-state index contributed by atoms with van der Waals surface area (Å²) in [5, 5.41) is 41.9. The van der Waals surface area contributed by atoms with E-state index in [0.717, 1.165) is 66.7 Å². The predicted octanol–water partition coefficient (Wildman–Crippen LogP) is 3.80. The van der Waals surface area contributed by atoms with Gasteiger partial charge in [-0.3, -0.25) is 48.6 Å². The van der Waals surface area contributed by atoms with Crippen LogP contribution in [0.2, 0.25) is 0 Å². The number of aliphatic hydroxyl groups excluding tert-OH is 2. The molecule has 7 fully saturated rings. The van der Waals surface area contributed by atoms with Gasteiger partial charge < -0.3 is 45.5 Å². The Labute approximate surface area is 438 Å². The average Bonchev–Trinajstić information content (AvgIpc) is 4.16. The van der Waals surface area contributed by atoms with Gasteiger partial charge in [-0.2, -0.15) is 0 Å². The molecule has 9 aliphatic rings. The third kappa shape index (κ3) is 9.36. The number of rotatable bonds is 19. The first-order valence-electron chi connectivity index (χ1n) is 26.0. The number of allylic oxidation sites excluding steroid dienone is 4. The van der Waals surface area contributed by atoms with Gasteiger partial charge >= 0.3 is 12.1 Å². The van der Waals surface area contributed by atoms with Gasteiger partial charge in [-0.05, 0) is 123 Å². The van der Waals surface area contributed by atoms with Crippen molar-refractivity contribution in [2.75, 3.05) is 30.3 Å². The number of benzene rings is 2. The lowest BCUT2D eigenvalue weighted by Gasteiger charge is -2.72. The summed E-state index contributed by atoms with van der Waals surface area (Å²) < 4.78 is 19.3. The van der Waals surface area contributed by atoms with E-state index < -0.39 is 108 Å². The lowest BCUT2D eigenvalue weighted by Crippen LogP contribution is -2.69. The summed E-state index contributed by atoms with van der Waals surface area (Å²) in [7, 11) is 0. The summed E-state index contributed by atoms with van der Waals surface area (Å²) in [6.45, 7) is 2.65. The highest BCUT2D eigenvalue weighted by molar-refractivity contribution is 6.13. The number of ketones is 2. The van der Waals surface area contributed by atoms with E-state index >= 15 is 0 Å². The van der Waals surface area contributed by atoms with Crippen LogP contribution in [0.5, 0.6) is 0 Å². The summed E-state index contributed by atoms with van der Waals surface area (Å²) >= 11 is 0. The zero-order chi connectivity index (χ0) is 54.0. The highest BCUT2D eigenvalue weighted by Gasteiger charge is 2.80. The van der Waals surface area contributed by atoms with Crippen LogP contribution in [-0.2, 0) is 65.6 Å². The molecule has 6 saturated carbocycles. The molecule has 0 spiro atoms. The van der Waals surface area contributed by atoms with Crippen LogP contribution in [-0.4, -0.2) is 123 Å². The molecule has 20 heteroatoms. The summed E-state index contributed by atoms with van der Waals surface area (Å²) in [6, 6.07) is 12.6. The molecule has 2 aliphatic heterocycles. The van der Waals surface area contributed by atoms with Gasteiger partial charge in [0.2, 0.25) is 17.7 Å². The van der Waals surface area contributed by atoms with Crippen molar-refractivity contribution < 1.29 is 72.7 Å². The first-order valence-corrected chi connectivity index (χ1v) is 26.0. The molecular formula is C56H63N5O15. The van der Waals surface area contributed by atoms with Crippen molar-refractivity contribution >= 4 is 64.5 Å². The maximum Gasteiger partial charge on any atom is 0.411 e. The molecule has 2 aromatic rings. The van der Waals surface area contributed by atoms with Crippen LogP contribution < -0.4 is 21.3 Å².